The van der Waals surface area contributed by atoms with Gasteiger partial charge in [-0.15, -0.1) is 0 Å². The molecule has 0 aliphatic carbocycles. The van der Waals surface area contributed by atoms with Gasteiger partial charge in [0, 0.05) is 5.69 Å². The van der Waals surface area contributed by atoms with Crippen LogP contribution >= 0.6 is 45.2 Å². The topological polar surface area (TPSA) is 88.4 Å². The van der Waals surface area contributed by atoms with E-state index in [4.69, 9.17) is 9.47 Å². The third-order valence-electron chi connectivity index (χ3n) is 3.64. The van der Waals surface area contributed by atoms with E-state index in [2.05, 4.69) is 50.5 Å². The van der Waals surface area contributed by atoms with Crippen LogP contribution in [0.5, 0.6) is 5.75 Å². The van der Waals surface area contributed by atoms with Gasteiger partial charge >= 0.3 is 5.97 Å². The molecule has 0 heterocycles. The fourth-order valence-electron chi connectivity index (χ4n) is 2.36. The number of nitriles is 1. The lowest BCUT2D eigenvalue weighted by molar-refractivity contribution is -0.112. The van der Waals surface area contributed by atoms with Gasteiger partial charge in [0.2, 0.25) is 0 Å². The third-order valence-corrected chi connectivity index (χ3v) is 5.24. The SMILES string of the molecule is CCOC(=O)c1ccc(NC(=O)/C(C#N)=C/c2cc(I)c(OCC)c(I)c2)cc1. The van der Waals surface area contributed by atoms with Gasteiger partial charge in [0.15, 0.2) is 0 Å². The number of carbonyl (C=O) groups excluding carboxylic acids is 2. The Morgan fingerprint density at radius 1 is 1.10 bits per heavy atom. The fraction of sp³-hybridized carbons (Fsp3) is 0.190. The summed E-state index contributed by atoms with van der Waals surface area (Å²) in [5.74, 6) is -0.173. The van der Waals surface area contributed by atoms with Crippen molar-refractivity contribution in [1.82, 2.24) is 0 Å². The minimum Gasteiger partial charge on any atom is -0.492 e. The summed E-state index contributed by atoms with van der Waals surface area (Å²) in [7, 11) is 0. The quantitative estimate of drug-likeness (QED) is 0.205. The van der Waals surface area contributed by atoms with Crippen molar-refractivity contribution in [2.45, 2.75) is 13.8 Å². The molecule has 0 aromatic heterocycles. The Labute approximate surface area is 196 Å². The first-order valence-electron chi connectivity index (χ1n) is 8.71. The molecule has 0 aliphatic heterocycles. The van der Waals surface area contributed by atoms with E-state index < -0.39 is 11.9 Å². The summed E-state index contributed by atoms with van der Waals surface area (Å²) in [6, 6.07) is 11.9. The van der Waals surface area contributed by atoms with Crippen LogP contribution in [0, 0.1) is 18.5 Å². The Bertz CT molecular complexity index is 956. The van der Waals surface area contributed by atoms with Crippen LogP contribution in [0.15, 0.2) is 42.0 Å². The highest BCUT2D eigenvalue weighted by Gasteiger charge is 2.13. The Balaban J connectivity index is 2.18. The molecule has 0 atom stereocenters. The molecular formula is C21H18I2N2O4. The minimum absolute atomic E-state index is 0.0322. The summed E-state index contributed by atoms with van der Waals surface area (Å²) in [6.07, 6.45) is 1.53. The molecule has 29 heavy (non-hydrogen) atoms. The molecule has 8 heteroatoms. The molecule has 0 fully saturated rings. The molecule has 0 unspecified atom stereocenters. The van der Waals surface area contributed by atoms with Crippen molar-refractivity contribution in [2.24, 2.45) is 0 Å². The molecule has 0 radical (unpaired) electrons. The number of rotatable bonds is 7. The average Bonchev–Trinajstić information content (AvgIpc) is 2.69. The van der Waals surface area contributed by atoms with Crippen LogP contribution < -0.4 is 10.1 Å². The number of hydrogen-bond donors (Lipinski definition) is 1. The van der Waals surface area contributed by atoms with Gasteiger partial charge < -0.3 is 14.8 Å². The van der Waals surface area contributed by atoms with Crippen molar-refractivity contribution in [2.75, 3.05) is 18.5 Å². The summed E-state index contributed by atoms with van der Waals surface area (Å²) >= 11 is 4.33. The molecule has 150 valence electrons. The number of hydrogen-bond acceptors (Lipinski definition) is 5. The molecule has 6 nitrogen and oxygen atoms in total. The molecule has 1 amide bonds. The lowest BCUT2D eigenvalue weighted by atomic mass is 10.1. The summed E-state index contributed by atoms with van der Waals surface area (Å²) in [5.41, 5.74) is 1.56. The van der Waals surface area contributed by atoms with Crippen molar-refractivity contribution >= 4 is 68.8 Å². The zero-order chi connectivity index (χ0) is 21.4. The van der Waals surface area contributed by atoms with E-state index >= 15 is 0 Å². The van der Waals surface area contributed by atoms with Gasteiger partial charge in [-0.1, -0.05) is 0 Å². The molecule has 0 saturated heterocycles. The molecule has 0 spiro atoms. The number of carbonyl (C=O) groups is 2. The molecule has 0 saturated carbocycles. The highest BCUT2D eigenvalue weighted by Crippen LogP contribution is 2.29. The summed E-state index contributed by atoms with van der Waals surface area (Å²) < 4.78 is 12.3. The van der Waals surface area contributed by atoms with Crippen LogP contribution in [-0.2, 0) is 9.53 Å². The molecule has 2 aromatic rings. The highest BCUT2D eigenvalue weighted by molar-refractivity contribution is 14.1. The van der Waals surface area contributed by atoms with Crippen LogP contribution in [0.25, 0.3) is 6.08 Å². The lowest BCUT2D eigenvalue weighted by Gasteiger charge is -2.10. The van der Waals surface area contributed by atoms with Crippen LogP contribution in [-0.4, -0.2) is 25.1 Å². The number of esters is 1. The lowest BCUT2D eigenvalue weighted by Crippen LogP contribution is -2.13. The first-order valence-corrected chi connectivity index (χ1v) is 10.9. The Hall–Kier alpha value is -2.13. The van der Waals surface area contributed by atoms with E-state index in [9.17, 15) is 14.9 Å². The van der Waals surface area contributed by atoms with E-state index in [1.54, 1.807) is 31.2 Å². The van der Waals surface area contributed by atoms with Crippen molar-refractivity contribution in [1.29, 1.82) is 5.26 Å². The second kappa shape index (κ2) is 11.2. The van der Waals surface area contributed by atoms with Gasteiger partial charge in [-0.2, -0.15) is 5.26 Å². The van der Waals surface area contributed by atoms with E-state index in [0.29, 0.717) is 17.9 Å². The Morgan fingerprint density at radius 3 is 2.24 bits per heavy atom. The van der Waals surface area contributed by atoms with Crippen molar-refractivity contribution in [3.05, 3.63) is 60.2 Å². The zero-order valence-corrected chi connectivity index (χ0v) is 20.1. The fourth-order valence-corrected chi connectivity index (χ4v) is 4.49. The molecule has 2 aromatic carbocycles. The smallest absolute Gasteiger partial charge is 0.338 e. The summed E-state index contributed by atoms with van der Waals surface area (Å²) in [6.45, 7) is 4.49. The predicted octanol–water partition coefficient (Wildman–Crippen LogP) is 5.02. The Morgan fingerprint density at radius 2 is 1.72 bits per heavy atom. The van der Waals surface area contributed by atoms with Gasteiger partial charge in [0.05, 0.1) is 25.9 Å². The number of anilines is 1. The molecule has 0 aliphatic rings. The van der Waals surface area contributed by atoms with Crippen LogP contribution in [0.2, 0.25) is 0 Å². The second-order valence-corrected chi connectivity index (χ2v) is 7.99. The molecule has 0 bridgehead atoms. The monoisotopic (exact) mass is 616 g/mol. The zero-order valence-electron chi connectivity index (χ0n) is 15.8. The van der Waals surface area contributed by atoms with Gasteiger partial charge in [0.25, 0.3) is 5.91 Å². The van der Waals surface area contributed by atoms with E-state index in [1.165, 1.54) is 6.08 Å². The number of nitrogens with one attached hydrogen (secondary N) is 1. The van der Waals surface area contributed by atoms with E-state index in [0.717, 1.165) is 18.5 Å². The van der Waals surface area contributed by atoms with Gasteiger partial charge in [-0.3, -0.25) is 4.79 Å². The maximum Gasteiger partial charge on any atom is 0.338 e. The van der Waals surface area contributed by atoms with Crippen molar-refractivity contribution in [3.8, 4) is 11.8 Å². The van der Waals surface area contributed by atoms with Crippen LogP contribution in [0.4, 0.5) is 5.69 Å². The van der Waals surface area contributed by atoms with Crippen LogP contribution in [0.3, 0.4) is 0 Å². The summed E-state index contributed by atoms with van der Waals surface area (Å²) in [4.78, 5) is 24.2. The standard InChI is InChI=1S/C21H18I2N2O4/c1-3-28-19-17(22)10-13(11-18(19)23)9-15(12-24)20(26)25-16-7-5-14(6-8-16)21(27)29-4-2/h5-11H,3-4H2,1-2H3,(H,25,26)/b15-9+. The third kappa shape index (κ3) is 6.43. The number of benzene rings is 2. The first-order chi connectivity index (χ1) is 13.9. The average molecular weight is 616 g/mol. The number of ether oxygens (including phenoxy) is 2. The van der Waals surface area contributed by atoms with Crippen LogP contribution in [0.1, 0.15) is 29.8 Å². The number of nitrogens with zero attached hydrogens (tertiary/aromatic N) is 1. The van der Waals surface area contributed by atoms with Gasteiger partial charge in [0.1, 0.15) is 17.4 Å². The second-order valence-electron chi connectivity index (χ2n) is 5.67. The largest absolute Gasteiger partial charge is 0.492 e. The predicted molar refractivity (Wildman–Crippen MR) is 128 cm³/mol. The highest BCUT2D eigenvalue weighted by atomic mass is 127. The van der Waals surface area contributed by atoms with Gasteiger partial charge in [-0.25, -0.2) is 4.79 Å². The van der Waals surface area contributed by atoms with E-state index in [1.807, 2.05) is 25.1 Å². The maximum absolute atomic E-state index is 12.5. The normalized spacial score (nSPS) is 10.8. The van der Waals surface area contributed by atoms with Crippen molar-refractivity contribution < 1.29 is 19.1 Å². The molecule has 2 rings (SSSR count). The summed E-state index contributed by atoms with van der Waals surface area (Å²) in [5, 5.41) is 12.1. The maximum atomic E-state index is 12.5. The minimum atomic E-state index is -0.532. The van der Waals surface area contributed by atoms with Gasteiger partial charge in [-0.05, 0) is 107 Å². The molecule has 1 N–H and O–H groups in total. The molecular weight excluding hydrogens is 598 g/mol. The number of halogens is 2. The number of amides is 1. The van der Waals surface area contributed by atoms with Crippen molar-refractivity contribution in [3.63, 3.8) is 0 Å². The Kier molecular flexibility index (Phi) is 8.91. The first kappa shape index (κ1) is 23.2. The van der Waals surface area contributed by atoms with E-state index in [-0.39, 0.29) is 12.2 Å².